The van der Waals surface area contributed by atoms with Crippen LogP contribution in [0.25, 0.3) is 0 Å². The normalized spacial score (nSPS) is 10.1. The molecule has 0 fully saturated rings. The highest BCUT2D eigenvalue weighted by molar-refractivity contribution is 7.80. The summed E-state index contributed by atoms with van der Waals surface area (Å²) in [5, 5.41) is 6.30. The molecule has 2 nitrogen and oxygen atoms in total. The number of hydrogen-bond donors (Lipinski definition) is 1. The zero-order chi connectivity index (χ0) is 11.8. The molecule has 0 saturated carbocycles. The van der Waals surface area contributed by atoms with Gasteiger partial charge in [-0.3, -0.25) is 0 Å². The van der Waals surface area contributed by atoms with E-state index in [2.05, 4.69) is 41.6 Å². The van der Waals surface area contributed by atoms with Crippen LogP contribution >= 0.6 is 23.6 Å². The van der Waals surface area contributed by atoms with Crippen molar-refractivity contribution in [2.45, 2.75) is 33.2 Å². The molecule has 4 heteroatoms. The summed E-state index contributed by atoms with van der Waals surface area (Å²) in [5.41, 5.74) is 0. The van der Waals surface area contributed by atoms with E-state index in [4.69, 9.17) is 12.2 Å². The topological polar surface area (TPSA) is 15.3 Å². The molecule has 0 unspecified atom stereocenters. The van der Waals surface area contributed by atoms with Crippen molar-refractivity contribution in [2.75, 3.05) is 13.1 Å². The van der Waals surface area contributed by atoms with Crippen molar-refractivity contribution in [3.63, 3.8) is 0 Å². The van der Waals surface area contributed by atoms with Crippen LogP contribution in [0.1, 0.15) is 31.6 Å². The van der Waals surface area contributed by atoms with Gasteiger partial charge in [-0.05, 0) is 37.0 Å². The van der Waals surface area contributed by atoms with Crippen LogP contribution in [0.3, 0.4) is 0 Å². The van der Waals surface area contributed by atoms with E-state index in [0.29, 0.717) is 0 Å². The lowest BCUT2D eigenvalue weighted by atomic mass is 10.3. The maximum absolute atomic E-state index is 5.38. The molecule has 1 aromatic heterocycles. The smallest absolute Gasteiger partial charge is 0.169 e. The summed E-state index contributed by atoms with van der Waals surface area (Å²) in [6, 6.07) is 4.24. The zero-order valence-electron chi connectivity index (χ0n) is 10.0. The van der Waals surface area contributed by atoms with Crippen LogP contribution in [0.15, 0.2) is 17.5 Å². The van der Waals surface area contributed by atoms with E-state index >= 15 is 0 Å². The van der Waals surface area contributed by atoms with Gasteiger partial charge in [-0.2, -0.15) is 0 Å². The van der Waals surface area contributed by atoms with E-state index < -0.39 is 0 Å². The summed E-state index contributed by atoms with van der Waals surface area (Å²) in [4.78, 5) is 3.57. The summed E-state index contributed by atoms with van der Waals surface area (Å²) in [5.74, 6) is 0. The first-order chi connectivity index (χ1) is 7.77. The highest BCUT2D eigenvalue weighted by Gasteiger charge is 2.07. The van der Waals surface area contributed by atoms with Crippen molar-refractivity contribution < 1.29 is 0 Å². The third-order valence-corrected chi connectivity index (χ3v) is 3.67. The monoisotopic (exact) mass is 256 g/mol. The van der Waals surface area contributed by atoms with Crippen LogP contribution in [0.2, 0.25) is 0 Å². The number of nitrogens with one attached hydrogen (secondary N) is 1. The summed E-state index contributed by atoms with van der Waals surface area (Å²) < 4.78 is 0. The SMILES string of the molecule is CCCCNC(=S)N(CC)Cc1cccs1. The van der Waals surface area contributed by atoms with E-state index in [1.165, 1.54) is 17.7 Å². The molecule has 1 rings (SSSR count). The fraction of sp³-hybridized carbons (Fsp3) is 0.583. The molecule has 1 aromatic rings. The van der Waals surface area contributed by atoms with Crippen LogP contribution in [-0.2, 0) is 6.54 Å². The Hall–Kier alpha value is -0.610. The van der Waals surface area contributed by atoms with Crippen molar-refractivity contribution in [1.29, 1.82) is 0 Å². The highest BCUT2D eigenvalue weighted by Crippen LogP contribution is 2.11. The first-order valence-corrected chi connectivity index (χ1v) is 7.11. The standard InChI is InChI=1S/C12H20N2S2/c1-3-5-8-13-12(15)14(4-2)10-11-7-6-9-16-11/h6-7,9H,3-5,8,10H2,1-2H3,(H,13,15). The molecule has 90 valence electrons. The van der Waals surface area contributed by atoms with E-state index in [-0.39, 0.29) is 0 Å². The molecular formula is C12H20N2S2. The maximum atomic E-state index is 5.38. The largest absolute Gasteiger partial charge is 0.363 e. The highest BCUT2D eigenvalue weighted by atomic mass is 32.1. The van der Waals surface area contributed by atoms with Crippen molar-refractivity contribution >= 4 is 28.7 Å². The molecule has 0 aliphatic heterocycles. The van der Waals surface area contributed by atoms with Crippen LogP contribution in [0, 0.1) is 0 Å². The summed E-state index contributed by atoms with van der Waals surface area (Å²) in [6.45, 7) is 7.19. The molecular weight excluding hydrogens is 236 g/mol. The molecule has 0 saturated heterocycles. The Labute approximate surface area is 108 Å². The number of thiocarbonyl (C=S) groups is 1. The molecule has 16 heavy (non-hydrogen) atoms. The Morgan fingerprint density at radius 1 is 1.50 bits per heavy atom. The minimum atomic E-state index is 0.879. The van der Waals surface area contributed by atoms with E-state index in [9.17, 15) is 0 Å². The molecule has 0 bridgehead atoms. The number of unbranched alkanes of at least 4 members (excludes halogenated alkanes) is 1. The molecule has 1 heterocycles. The van der Waals surface area contributed by atoms with Crippen LogP contribution in [0.4, 0.5) is 0 Å². The van der Waals surface area contributed by atoms with Gasteiger partial charge >= 0.3 is 0 Å². The molecule has 0 aromatic carbocycles. The Balaban J connectivity index is 2.38. The van der Waals surface area contributed by atoms with Gasteiger partial charge in [0.1, 0.15) is 0 Å². The van der Waals surface area contributed by atoms with E-state index in [0.717, 1.165) is 24.7 Å². The van der Waals surface area contributed by atoms with Crippen LogP contribution in [-0.4, -0.2) is 23.1 Å². The predicted molar refractivity (Wildman–Crippen MR) is 75.9 cm³/mol. The summed E-state index contributed by atoms with van der Waals surface area (Å²) in [7, 11) is 0. The zero-order valence-corrected chi connectivity index (χ0v) is 11.7. The minimum Gasteiger partial charge on any atom is -0.363 e. The van der Waals surface area contributed by atoms with Gasteiger partial charge in [0.25, 0.3) is 0 Å². The fourth-order valence-electron chi connectivity index (χ4n) is 1.40. The van der Waals surface area contributed by atoms with Crippen molar-refractivity contribution in [2.24, 2.45) is 0 Å². The second-order valence-electron chi connectivity index (χ2n) is 3.68. The molecule has 0 radical (unpaired) electrons. The van der Waals surface area contributed by atoms with Gasteiger partial charge in [-0.15, -0.1) is 11.3 Å². The maximum Gasteiger partial charge on any atom is 0.169 e. The second-order valence-corrected chi connectivity index (χ2v) is 5.10. The molecule has 0 atom stereocenters. The lowest BCUT2D eigenvalue weighted by molar-refractivity contribution is 0.430. The molecule has 0 aliphatic rings. The first kappa shape index (κ1) is 13.5. The van der Waals surface area contributed by atoms with Crippen molar-refractivity contribution in [3.8, 4) is 0 Å². The number of nitrogens with zero attached hydrogens (tertiary/aromatic N) is 1. The van der Waals surface area contributed by atoms with Crippen LogP contribution in [0.5, 0.6) is 0 Å². The Bertz CT molecular complexity index is 296. The van der Waals surface area contributed by atoms with E-state index in [1.54, 1.807) is 11.3 Å². The molecule has 0 spiro atoms. The van der Waals surface area contributed by atoms with Crippen molar-refractivity contribution in [3.05, 3.63) is 22.4 Å². The van der Waals surface area contributed by atoms with Gasteiger partial charge in [-0.25, -0.2) is 0 Å². The quantitative estimate of drug-likeness (QED) is 0.621. The van der Waals surface area contributed by atoms with Gasteiger partial charge in [0.15, 0.2) is 5.11 Å². The minimum absolute atomic E-state index is 0.879. The third kappa shape index (κ3) is 4.49. The molecule has 1 N–H and O–H groups in total. The number of rotatable bonds is 6. The van der Waals surface area contributed by atoms with Gasteiger partial charge < -0.3 is 10.2 Å². The summed E-state index contributed by atoms with van der Waals surface area (Å²) in [6.07, 6.45) is 2.38. The average molecular weight is 256 g/mol. The van der Waals surface area contributed by atoms with E-state index in [1.807, 2.05) is 0 Å². The predicted octanol–water partition coefficient (Wildman–Crippen LogP) is 3.24. The Morgan fingerprint density at radius 2 is 2.31 bits per heavy atom. The third-order valence-electron chi connectivity index (χ3n) is 2.40. The summed E-state index contributed by atoms with van der Waals surface area (Å²) >= 11 is 7.16. The second kappa shape index (κ2) is 7.63. The van der Waals surface area contributed by atoms with Gasteiger partial charge in [0.2, 0.25) is 0 Å². The van der Waals surface area contributed by atoms with Crippen molar-refractivity contribution in [1.82, 2.24) is 10.2 Å². The molecule has 0 amide bonds. The lowest BCUT2D eigenvalue weighted by Crippen LogP contribution is -2.39. The lowest BCUT2D eigenvalue weighted by Gasteiger charge is -2.23. The Morgan fingerprint density at radius 3 is 2.88 bits per heavy atom. The number of hydrogen-bond acceptors (Lipinski definition) is 2. The average Bonchev–Trinajstić information content (AvgIpc) is 2.78. The molecule has 0 aliphatic carbocycles. The fourth-order valence-corrected chi connectivity index (χ4v) is 2.42. The Kier molecular flexibility index (Phi) is 6.42. The number of thiophene rings is 1. The van der Waals surface area contributed by atoms with Crippen LogP contribution < -0.4 is 5.32 Å². The van der Waals surface area contributed by atoms with Gasteiger partial charge in [0.05, 0.1) is 6.54 Å². The van der Waals surface area contributed by atoms with Gasteiger partial charge in [-0.1, -0.05) is 19.4 Å². The first-order valence-electron chi connectivity index (χ1n) is 5.83. The van der Waals surface area contributed by atoms with Gasteiger partial charge in [0, 0.05) is 18.0 Å².